The lowest BCUT2D eigenvalue weighted by molar-refractivity contribution is -0.122. The molecule has 1 spiro atoms. The topological polar surface area (TPSA) is 54.0 Å². The van der Waals surface area contributed by atoms with Gasteiger partial charge in [0.15, 0.2) is 0 Å². The van der Waals surface area contributed by atoms with Gasteiger partial charge in [-0.05, 0) is 55.9 Å². The van der Waals surface area contributed by atoms with Crippen LogP contribution in [0.25, 0.3) is 0 Å². The minimum Gasteiger partial charge on any atom is -0.325 e. The molecule has 1 aromatic carbocycles. The largest absolute Gasteiger partial charge is 0.325 e. The highest BCUT2D eigenvalue weighted by Crippen LogP contribution is 2.47. The van der Waals surface area contributed by atoms with Gasteiger partial charge in [0.2, 0.25) is 5.91 Å². The molecule has 0 saturated heterocycles. The number of pyridine rings is 1. The zero-order valence-corrected chi connectivity index (χ0v) is 14.0. The van der Waals surface area contributed by atoms with Gasteiger partial charge in [-0.3, -0.25) is 9.78 Å². The van der Waals surface area contributed by atoms with Gasteiger partial charge in [0.1, 0.15) is 0 Å². The summed E-state index contributed by atoms with van der Waals surface area (Å²) < 4.78 is 0. The van der Waals surface area contributed by atoms with Gasteiger partial charge in [-0.1, -0.05) is 24.3 Å². The number of nitrogens with zero attached hydrogens (tertiary/aromatic N) is 1. The minimum absolute atomic E-state index is 0.183. The van der Waals surface area contributed by atoms with Gasteiger partial charge in [-0.25, -0.2) is 0 Å². The van der Waals surface area contributed by atoms with Crippen LogP contribution in [0.1, 0.15) is 49.8 Å². The predicted octanol–water partition coefficient (Wildman–Crippen LogP) is 3.56. The molecular formula is C20H23N3O. The van der Waals surface area contributed by atoms with Crippen LogP contribution in [-0.4, -0.2) is 16.9 Å². The Bertz CT molecular complexity index is 736. The molecule has 4 rings (SSSR count). The first-order valence-corrected chi connectivity index (χ1v) is 8.76. The van der Waals surface area contributed by atoms with Gasteiger partial charge in [0, 0.05) is 30.2 Å². The molecule has 1 fully saturated rings. The van der Waals surface area contributed by atoms with Crippen molar-refractivity contribution in [1.82, 2.24) is 10.3 Å². The van der Waals surface area contributed by atoms with Gasteiger partial charge in [0.05, 0.1) is 5.41 Å². The van der Waals surface area contributed by atoms with E-state index in [1.807, 2.05) is 30.5 Å². The van der Waals surface area contributed by atoms with Crippen LogP contribution < -0.4 is 10.6 Å². The highest BCUT2D eigenvalue weighted by Gasteiger charge is 2.48. The minimum atomic E-state index is -0.313. The van der Waals surface area contributed by atoms with Gasteiger partial charge in [-0.2, -0.15) is 0 Å². The van der Waals surface area contributed by atoms with Gasteiger partial charge in [-0.15, -0.1) is 0 Å². The number of carbonyl (C=O) groups excluding carboxylic acids is 1. The van der Waals surface area contributed by atoms with E-state index in [0.717, 1.165) is 31.4 Å². The maximum Gasteiger partial charge on any atom is 0.235 e. The zero-order valence-electron chi connectivity index (χ0n) is 14.0. The SMILES string of the molecule is CC(NC1CCC2(CC1)C(=O)Nc1ccccc12)c1cccnc1. The van der Waals surface area contributed by atoms with E-state index in [-0.39, 0.29) is 17.4 Å². The number of benzene rings is 1. The van der Waals surface area contributed by atoms with E-state index in [2.05, 4.69) is 34.7 Å². The third-order valence-electron chi connectivity index (χ3n) is 5.63. The molecule has 1 aromatic heterocycles. The molecule has 0 radical (unpaired) electrons. The Kier molecular flexibility index (Phi) is 3.85. The first-order chi connectivity index (χ1) is 11.7. The molecule has 1 saturated carbocycles. The molecule has 1 amide bonds. The third kappa shape index (κ3) is 2.51. The molecule has 1 aliphatic carbocycles. The van der Waals surface area contributed by atoms with Crippen molar-refractivity contribution in [2.24, 2.45) is 0 Å². The van der Waals surface area contributed by atoms with E-state index in [9.17, 15) is 4.79 Å². The predicted molar refractivity (Wildman–Crippen MR) is 94.8 cm³/mol. The second-order valence-corrected chi connectivity index (χ2v) is 7.03. The molecule has 1 aliphatic heterocycles. The van der Waals surface area contributed by atoms with Crippen LogP contribution in [-0.2, 0) is 10.2 Å². The Morgan fingerprint density at radius 2 is 2.00 bits per heavy atom. The molecule has 1 atom stereocenters. The monoisotopic (exact) mass is 321 g/mol. The molecule has 0 bridgehead atoms. The molecular weight excluding hydrogens is 298 g/mol. The van der Waals surface area contributed by atoms with E-state index in [0.29, 0.717) is 6.04 Å². The van der Waals surface area contributed by atoms with E-state index in [1.165, 1.54) is 11.1 Å². The molecule has 2 aliphatic rings. The first-order valence-electron chi connectivity index (χ1n) is 8.76. The van der Waals surface area contributed by atoms with Crippen molar-refractivity contribution in [1.29, 1.82) is 0 Å². The van der Waals surface area contributed by atoms with Crippen molar-refractivity contribution in [3.63, 3.8) is 0 Å². The summed E-state index contributed by atoms with van der Waals surface area (Å²) in [6, 6.07) is 13.0. The Hall–Kier alpha value is -2.20. The summed E-state index contributed by atoms with van der Waals surface area (Å²) in [5.41, 5.74) is 3.08. The second-order valence-electron chi connectivity index (χ2n) is 7.03. The quantitative estimate of drug-likeness (QED) is 0.909. The fourth-order valence-electron chi connectivity index (χ4n) is 4.23. The normalized spacial score (nSPS) is 26.9. The fraction of sp³-hybridized carbons (Fsp3) is 0.400. The lowest BCUT2D eigenvalue weighted by Gasteiger charge is -2.37. The number of rotatable bonds is 3. The molecule has 4 heteroatoms. The summed E-state index contributed by atoms with van der Waals surface area (Å²) in [5.74, 6) is 0.183. The van der Waals surface area contributed by atoms with E-state index >= 15 is 0 Å². The first kappa shape index (κ1) is 15.3. The summed E-state index contributed by atoms with van der Waals surface area (Å²) in [7, 11) is 0. The summed E-state index contributed by atoms with van der Waals surface area (Å²) >= 11 is 0. The Labute approximate surface area is 142 Å². The van der Waals surface area contributed by atoms with Crippen LogP contribution in [0.5, 0.6) is 0 Å². The summed E-state index contributed by atoms with van der Waals surface area (Å²) in [4.78, 5) is 16.8. The van der Waals surface area contributed by atoms with Crippen molar-refractivity contribution >= 4 is 11.6 Å². The maximum atomic E-state index is 12.6. The maximum absolute atomic E-state index is 12.6. The van der Waals surface area contributed by atoms with Crippen molar-refractivity contribution in [3.8, 4) is 0 Å². The highest BCUT2D eigenvalue weighted by molar-refractivity contribution is 6.06. The van der Waals surface area contributed by atoms with Crippen LogP contribution in [0.15, 0.2) is 48.8 Å². The van der Waals surface area contributed by atoms with Crippen molar-refractivity contribution < 1.29 is 4.79 Å². The molecule has 4 nitrogen and oxygen atoms in total. The second kappa shape index (κ2) is 6.02. The van der Waals surface area contributed by atoms with E-state index in [4.69, 9.17) is 0 Å². The number of hydrogen-bond acceptors (Lipinski definition) is 3. The average Bonchev–Trinajstić information content (AvgIpc) is 2.90. The average molecular weight is 321 g/mol. The summed E-state index contributed by atoms with van der Waals surface area (Å²) in [5, 5.41) is 6.78. The van der Waals surface area contributed by atoms with Crippen molar-refractivity contribution in [2.75, 3.05) is 5.32 Å². The fourth-order valence-corrected chi connectivity index (χ4v) is 4.23. The van der Waals surface area contributed by atoms with Crippen molar-refractivity contribution in [2.45, 2.75) is 50.1 Å². The smallest absolute Gasteiger partial charge is 0.235 e. The van der Waals surface area contributed by atoms with Crippen LogP contribution in [0.3, 0.4) is 0 Å². The van der Waals surface area contributed by atoms with Crippen LogP contribution in [0, 0.1) is 0 Å². The number of carbonyl (C=O) groups is 1. The molecule has 2 N–H and O–H groups in total. The van der Waals surface area contributed by atoms with Gasteiger partial charge >= 0.3 is 0 Å². The lowest BCUT2D eigenvalue weighted by atomic mass is 9.69. The number of anilines is 1. The number of aromatic nitrogens is 1. The zero-order chi connectivity index (χ0) is 16.6. The number of fused-ring (bicyclic) bond motifs is 2. The van der Waals surface area contributed by atoms with Gasteiger partial charge in [0.25, 0.3) is 0 Å². The number of amides is 1. The van der Waals surface area contributed by atoms with Crippen LogP contribution >= 0.6 is 0 Å². The Morgan fingerprint density at radius 3 is 2.75 bits per heavy atom. The summed E-state index contributed by atoms with van der Waals surface area (Å²) in [6.45, 7) is 2.18. The van der Waals surface area contributed by atoms with Crippen LogP contribution in [0.4, 0.5) is 5.69 Å². The Morgan fingerprint density at radius 1 is 1.21 bits per heavy atom. The van der Waals surface area contributed by atoms with Gasteiger partial charge < -0.3 is 10.6 Å². The molecule has 24 heavy (non-hydrogen) atoms. The third-order valence-corrected chi connectivity index (χ3v) is 5.63. The molecule has 124 valence electrons. The van der Waals surface area contributed by atoms with Crippen LogP contribution in [0.2, 0.25) is 0 Å². The van der Waals surface area contributed by atoms with Crippen molar-refractivity contribution in [3.05, 3.63) is 59.9 Å². The number of hydrogen-bond donors (Lipinski definition) is 2. The highest BCUT2D eigenvalue weighted by atomic mass is 16.2. The Balaban J connectivity index is 1.45. The lowest BCUT2D eigenvalue weighted by Crippen LogP contribution is -2.44. The number of nitrogens with one attached hydrogen (secondary N) is 2. The molecule has 1 unspecified atom stereocenters. The van der Waals surface area contributed by atoms with E-state index < -0.39 is 0 Å². The standard InChI is InChI=1S/C20H23N3O/c1-14(15-5-4-12-21-13-15)22-16-8-10-20(11-9-16)17-6-2-3-7-18(17)23-19(20)24/h2-7,12-14,16,22H,8-11H2,1H3,(H,23,24). The van der Waals surface area contributed by atoms with E-state index in [1.54, 1.807) is 6.20 Å². The summed E-state index contributed by atoms with van der Waals surface area (Å²) in [6.07, 6.45) is 7.58. The molecule has 2 aromatic rings. The molecule has 2 heterocycles. The number of para-hydroxylation sites is 1.